The molecule has 0 aliphatic heterocycles. The highest BCUT2D eigenvalue weighted by atomic mass is 16.4. The molecule has 0 saturated heterocycles. The van der Waals surface area contributed by atoms with E-state index in [-0.39, 0.29) is 0 Å². The number of aromatic amines is 1. The number of carbonyl (C=O) groups is 1. The molecule has 0 radical (unpaired) electrons. The van der Waals surface area contributed by atoms with Crippen molar-refractivity contribution in [3.8, 4) is 0 Å². The van der Waals surface area contributed by atoms with E-state index >= 15 is 0 Å². The number of fused-ring (bicyclic) bond motifs is 3. The van der Waals surface area contributed by atoms with Gasteiger partial charge in [-0.15, -0.1) is 0 Å². The van der Waals surface area contributed by atoms with E-state index in [1.165, 1.54) is 23.1 Å². The van der Waals surface area contributed by atoms with Crippen LogP contribution in [0.3, 0.4) is 0 Å². The van der Waals surface area contributed by atoms with E-state index in [9.17, 15) is 4.79 Å². The van der Waals surface area contributed by atoms with Crippen molar-refractivity contribution >= 4 is 16.9 Å². The van der Waals surface area contributed by atoms with Gasteiger partial charge in [0.25, 0.3) is 0 Å². The van der Waals surface area contributed by atoms with Crippen LogP contribution >= 0.6 is 0 Å². The molecule has 0 fully saturated rings. The maximum Gasteiger partial charge on any atom is 0.335 e. The van der Waals surface area contributed by atoms with Crippen LogP contribution in [0.5, 0.6) is 0 Å². The number of nitrogens with one attached hydrogen (secondary N) is 1. The third-order valence-corrected chi connectivity index (χ3v) is 3.95. The summed E-state index contributed by atoms with van der Waals surface area (Å²) < 4.78 is 0. The lowest BCUT2D eigenvalue weighted by molar-refractivity contribution is 0.0697. The second-order valence-corrected chi connectivity index (χ2v) is 5.99. The molecule has 3 heteroatoms. The van der Waals surface area contributed by atoms with E-state index in [0.717, 1.165) is 18.4 Å². The molecule has 94 valence electrons. The summed E-state index contributed by atoms with van der Waals surface area (Å²) in [6.45, 7) is 4.58. The van der Waals surface area contributed by atoms with Gasteiger partial charge in [-0.05, 0) is 42.4 Å². The SMILES string of the molecule is CC1(C)CCc2[nH]c3cc(C(=O)O)ccc3c2C1. The van der Waals surface area contributed by atoms with Crippen LogP contribution in [0.2, 0.25) is 0 Å². The van der Waals surface area contributed by atoms with Crippen molar-refractivity contribution in [3.05, 3.63) is 35.0 Å². The quantitative estimate of drug-likeness (QED) is 0.806. The number of carboxylic acids is 1. The molecule has 0 saturated carbocycles. The molecule has 0 atom stereocenters. The summed E-state index contributed by atoms with van der Waals surface area (Å²) in [6.07, 6.45) is 3.30. The molecule has 18 heavy (non-hydrogen) atoms. The number of H-pyrrole nitrogens is 1. The topological polar surface area (TPSA) is 53.1 Å². The average Bonchev–Trinajstić information content (AvgIpc) is 2.64. The number of carboxylic acid groups (broad SMARTS) is 1. The summed E-state index contributed by atoms with van der Waals surface area (Å²) in [5.74, 6) is -0.871. The number of rotatable bonds is 1. The monoisotopic (exact) mass is 243 g/mol. The van der Waals surface area contributed by atoms with Crippen LogP contribution in [0.15, 0.2) is 18.2 Å². The molecule has 3 rings (SSSR count). The van der Waals surface area contributed by atoms with Crippen LogP contribution < -0.4 is 0 Å². The molecular weight excluding hydrogens is 226 g/mol. The molecule has 0 amide bonds. The Balaban J connectivity index is 2.17. The third-order valence-electron chi connectivity index (χ3n) is 3.95. The van der Waals surface area contributed by atoms with Gasteiger partial charge in [0.15, 0.2) is 0 Å². The van der Waals surface area contributed by atoms with E-state index in [2.05, 4.69) is 18.8 Å². The fraction of sp³-hybridized carbons (Fsp3) is 0.400. The van der Waals surface area contributed by atoms with Gasteiger partial charge in [-0.1, -0.05) is 19.9 Å². The van der Waals surface area contributed by atoms with Gasteiger partial charge in [0.05, 0.1) is 5.56 Å². The summed E-state index contributed by atoms with van der Waals surface area (Å²) in [6, 6.07) is 5.37. The lowest BCUT2D eigenvalue weighted by Gasteiger charge is -2.29. The standard InChI is InChI=1S/C15H17NO2/c1-15(2)6-5-12-11(8-15)10-4-3-9(14(17)18)7-13(10)16-12/h3-4,7,16H,5-6,8H2,1-2H3,(H,17,18). The van der Waals surface area contributed by atoms with Crippen molar-refractivity contribution in [1.82, 2.24) is 4.98 Å². The largest absolute Gasteiger partial charge is 0.478 e. The molecule has 1 aromatic heterocycles. The Bertz CT molecular complexity index is 637. The molecular formula is C15H17NO2. The molecule has 0 unspecified atom stereocenters. The Morgan fingerprint density at radius 1 is 1.39 bits per heavy atom. The van der Waals surface area contributed by atoms with Crippen LogP contribution in [0.1, 0.15) is 41.9 Å². The summed E-state index contributed by atoms with van der Waals surface area (Å²) in [5.41, 5.74) is 4.30. The smallest absolute Gasteiger partial charge is 0.335 e. The van der Waals surface area contributed by atoms with E-state index < -0.39 is 5.97 Å². The van der Waals surface area contributed by atoms with Gasteiger partial charge < -0.3 is 10.1 Å². The third kappa shape index (κ3) is 1.70. The predicted octanol–water partition coefficient (Wildman–Crippen LogP) is 3.38. The lowest BCUT2D eigenvalue weighted by Crippen LogP contribution is -2.21. The second kappa shape index (κ2) is 3.61. The van der Waals surface area contributed by atoms with Crippen LogP contribution in [0.4, 0.5) is 0 Å². The minimum Gasteiger partial charge on any atom is -0.478 e. The number of hydrogen-bond acceptors (Lipinski definition) is 1. The Kier molecular flexibility index (Phi) is 2.27. The van der Waals surface area contributed by atoms with Crippen LogP contribution in [-0.2, 0) is 12.8 Å². The van der Waals surface area contributed by atoms with Gasteiger partial charge in [0, 0.05) is 16.6 Å². The number of hydrogen-bond donors (Lipinski definition) is 2. The van der Waals surface area contributed by atoms with Crippen LogP contribution in [-0.4, -0.2) is 16.1 Å². The Morgan fingerprint density at radius 2 is 2.17 bits per heavy atom. The normalized spacial score (nSPS) is 17.7. The number of benzene rings is 1. The fourth-order valence-corrected chi connectivity index (χ4v) is 2.89. The highest BCUT2D eigenvalue weighted by molar-refractivity contribution is 5.94. The zero-order valence-electron chi connectivity index (χ0n) is 10.7. The minimum atomic E-state index is -0.871. The predicted molar refractivity (Wildman–Crippen MR) is 71.1 cm³/mol. The molecule has 1 aromatic carbocycles. The first-order chi connectivity index (χ1) is 8.46. The van der Waals surface area contributed by atoms with Crippen LogP contribution in [0.25, 0.3) is 10.9 Å². The van der Waals surface area contributed by atoms with Crippen molar-refractivity contribution < 1.29 is 9.90 Å². The number of aryl methyl sites for hydroxylation is 1. The average molecular weight is 243 g/mol. The first kappa shape index (κ1) is 11.3. The van der Waals surface area contributed by atoms with Gasteiger partial charge in [-0.25, -0.2) is 4.79 Å². The highest BCUT2D eigenvalue weighted by Crippen LogP contribution is 2.38. The first-order valence-electron chi connectivity index (χ1n) is 6.33. The first-order valence-corrected chi connectivity index (χ1v) is 6.33. The van der Waals surface area contributed by atoms with Gasteiger partial charge >= 0.3 is 5.97 Å². The van der Waals surface area contributed by atoms with Gasteiger partial charge in [0.1, 0.15) is 0 Å². The molecule has 0 bridgehead atoms. The van der Waals surface area contributed by atoms with Gasteiger partial charge in [0.2, 0.25) is 0 Å². The van der Waals surface area contributed by atoms with Crippen molar-refractivity contribution in [1.29, 1.82) is 0 Å². The van der Waals surface area contributed by atoms with Crippen molar-refractivity contribution in [2.24, 2.45) is 5.41 Å². The summed E-state index contributed by atoms with van der Waals surface area (Å²) in [5, 5.41) is 10.2. The van der Waals surface area contributed by atoms with E-state index in [0.29, 0.717) is 11.0 Å². The number of aromatic nitrogens is 1. The second-order valence-electron chi connectivity index (χ2n) is 5.99. The van der Waals surface area contributed by atoms with Crippen molar-refractivity contribution in [2.75, 3.05) is 0 Å². The Hall–Kier alpha value is -1.77. The molecule has 2 N–H and O–H groups in total. The minimum absolute atomic E-state index is 0.341. The van der Waals surface area contributed by atoms with E-state index in [1.54, 1.807) is 12.1 Å². The zero-order chi connectivity index (χ0) is 12.9. The summed E-state index contributed by atoms with van der Waals surface area (Å²) in [4.78, 5) is 14.4. The summed E-state index contributed by atoms with van der Waals surface area (Å²) in [7, 11) is 0. The maximum atomic E-state index is 11.0. The molecule has 3 nitrogen and oxygen atoms in total. The Labute approximate surface area is 106 Å². The lowest BCUT2D eigenvalue weighted by atomic mass is 9.76. The molecule has 0 spiro atoms. The highest BCUT2D eigenvalue weighted by Gasteiger charge is 2.27. The molecule has 1 aliphatic rings. The van der Waals surface area contributed by atoms with Crippen LogP contribution in [0, 0.1) is 5.41 Å². The number of aromatic carboxylic acids is 1. The molecule has 1 aliphatic carbocycles. The Morgan fingerprint density at radius 3 is 2.89 bits per heavy atom. The molecule has 2 aromatic rings. The van der Waals surface area contributed by atoms with Gasteiger partial charge in [-0.2, -0.15) is 0 Å². The summed E-state index contributed by atoms with van der Waals surface area (Å²) >= 11 is 0. The van der Waals surface area contributed by atoms with Gasteiger partial charge in [-0.3, -0.25) is 0 Å². The zero-order valence-corrected chi connectivity index (χ0v) is 10.7. The fourth-order valence-electron chi connectivity index (χ4n) is 2.89. The maximum absolute atomic E-state index is 11.0. The van der Waals surface area contributed by atoms with E-state index in [4.69, 9.17) is 5.11 Å². The molecule has 1 heterocycles. The van der Waals surface area contributed by atoms with E-state index in [1.807, 2.05) is 6.07 Å². The van der Waals surface area contributed by atoms with Crippen molar-refractivity contribution in [3.63, 3.8) is 0 Å². The van der Waals surface area contributed by atoms with Crippen molar-refractivity contribution in [2.45, 2.75) is 33.1 Å².